The number of aromatic nitrogens is 2. The molecule has 5 rings (SSSR count). The Morgan fingerprint density at radius 3 is 2.50 bits per heavy atom. The molecule has 212 valence electrons. The monoisotopic (exact) mass is 563 g/mol. The van der Waals surface area contributed by atoms with Crippen LogP contribution in [0.4, 0.5) is 5.13 Å². The SMILES string of the molecule is COC(C)COc1ccc(-c2ccccc2-c2csc(N(C(=O)C(CC(=O)O)CC3CCCC3)C3CC3)n2)cn1. The van der Waals surface area contributed by atoms with Gasteiger partial charge < -0.3 is 14.6 Å². The molecule has 1 N–H and O–H groups in total. The van der Waals surface area contributed by atoms with Crippen LogP contribution in [0.3, 0.4) is 0 Å². The van der Waals surface area contributed by atoms with Crippen molar-refractivity contribution < 1.29 is 24.2 Å². The minimum absolute atomic E-state index is 0.0229. The van der Waals surface area contributed by atoms with Gasteiger partial charge in [0.05, 0.1) is 18.2 Å². The third-order valence-corrected chi connectivity index (χ3v) is 8.67. The number of carboxylic acids is 1. The molecule has 0 aliphatic heterocycles. The molecule has 2 aliphatic carbocycles. The van der Waals surface area contributed by atoms with Crippen molar-refractivity contribution >= 4 is 28.3 Å². The van der Waals surface area contributed by atoms with E-state index in [1.807, 2.05) is 48.7 Å². The molecule has 0 bridgehead atoms. The molecule has 2 aliphatic rings. The average Bonchev–Trinajstić information content (AvgIpc) is 3.43. The smallest absolute Gasteiger partial charge is 0.304 e. The molecule has 9 heteroatoms. The Balaban J connectivity index is 1.37. The Morgan fingerprint density at radius 1 is 1.10 bits per heavy atom. The highest BCUT2D eigenvalue weighted by molar-refractivity contribution is 7.14. The number of rotatable bonds is 13. The number of hydrogen-bond acceptors (Lipinski definition) is 7. The van der Waals surface area contributed by atoms with Crippen LogP contribution in [0.15, 0.2) is 48.0 Å². The maximum absolute atomic E-state index is 13.8. The summed E-state index contributed by atoms with van der Waals surface area (Å²) in [5.41, 5.74) is 3.65. The topological polar surface area (TPSA) is 102 Å². The lowest BCUT2D eigenvalue weighted by molar-refractivity contribution is -0.141. The van der Waals surface area contributed by atoms with Crippen molar-refractivity contribution in [1.29, 1.82) is 0 Å². The van der Waals surface area contributed by atoms with Gasteiger partial charge in [0.25, 0.3) is 0 Å². The average molecular weight is 564 g/mol. The molecule has 2 atom stereocenters. The van der Waals surface area contributed by atoms with E-state index in [-0.39, 0.29) is 24.5 Å². The molecule has 1 aromatic carbocycles. The number of amides is 1. The van der Waals surface area contributed by atoms with E-state index >= 15 is 0 Å². The first-order valence-electron chi connectivity index (χ1n) is 14.1. The maximum atomic E-state index is 13.8. The highest BCUT2D eigenvalue weighted by Gasteiger charge is 2.40. The van der Waals surface area contributed by atoms with E-state index in [1.54, 1.807) is 18.2 Å². The number of pyridine rings is 1. The van der Waals surface area contributed by atoms with Crippen LogP contribution in [-0.2, 0) is 14.3 Å². The molecular formula is C31H37N3O5S. The number of carboxylic acid groups (broad SMARTS) is 1. The molecule has 0 radical (unpaired) electrons. The number of benzene rings is 1. The number of nitrogens with zero attached hydrogens (tertiary/aromatic N) is 3. The Labute approximate surface area is 239 Å². The summed E-state index contributed by atoms with van der Waals surface area (Å²) in [4.78, 5) is 36.7. The highest BCUT2D eigenvalue weighted by Crippen LogP contribution is 2.40. The van der Waals surface area contributed by atoms with Crippen LogP contribution in [0, 0.1) is 11.8 Å². The van der Waals surface area contributed by atoms with Crippen molar-refractivity contribution in [3.63, 3.8) is 0 Å². The zero-order chi connectivity index (χ0) is 28.1. The van der Waals surface area contributed by atoms with Gasteiger partial charge in [-0.25, -0.2) is 9.97 Å². The fourth-order valence-corrected chi connectivity index (χ4v) is 6.34. The minimum Gasteiger partial charge on any atom is -0.481 e. The van der Waals surface area contributed by atoms with E-state index in [2.05, 4.69) is 4.98 Å². The van der Waals surface area contributed by atoms with Gasteiger partial charge in [-0.1, -0.05) is 49.9 Å². The van der Waals surface area contributed by atoms with Gasteiger partial charge in [0.1, 0.15) is 6.61 Å². The van der Waals surface area contributed by atoms with Crippen LogP contribution >= 0.6 is 11.3 Å². The molecule has 40 heavy (non-hydrogen) atoms. The second kappa shape index (κ2) is 12.9. The Morgan fingerprint density at radius 2 is 1.85 bits per heavy atom. The summed E-state index contributed by atoms with van der Waals surface area (Å²) < 4.78 is 10.9. The zero-order valence-corrected chi connectivity index (χ0v) is 23.9. The number of ether oxygens (including phenoxy) is 2. The predicted molar refractivity (Wildman–Crippen MR) is 156 cm³/mol. The third-order valence-electron chi connectivity index (χ3n) is 7.83. The molecule has 3 aromatic rings. The summed E-state index contributed by atoms with van der Waals surface area (Å²) in [7, 11) is 1.65. The van der Waals surface area contributed by atoms with E-state index in [0.29, 0.717) is 30.0 Å². The van der Waals surface area contributed by atoms with Crippen molar-refractivity contribution in [2.45, 2.75) is 70.4 Å². The lowest BCUT2D eigenvalue weighted by Gasteiger charge is -2.26. The van der Waals surface area contributed by atoms with Gasteiger partial charge in [-0.05, 0) is 43.7 Å². The van der Waals surface area contributed by atoms with Gasteiger partial charge in [0.15, 0.2) is 5.13 Å². The molecular weight excluding hydrogens is 526 g/mol. The Kier molecular flexibility index (Phi) is 9.11. The largest absolute Gasteiger partial charge is 0.481 e. The lowest BCUT2D eigenvalue weighted by Crippen LogP contribution is -2.39. The molecule has 0 saturated heterocycles. The first-order valence-corrected chi connectivity index (χ1v) is 15.0. The van der Waals surface area contributed by atoms with E-state index < -0.39 is 11.9 Å². The minimum atomic E-state index is -0.918. The fourth-order valence-electron chi connectivity index (χ4n) is 5.44. The van der Waals surface area contributed by atoms with Crippen molar-refractivity contribution in [3.8, 4) is 28.3 Å². The van der Waals surface area contributed by atoms with Gasteiger partial charge in [-0.15, -0.1) is 11.3 Å². The molecule has 2 fully saturated rings. The van der Waals surface area contributed by atoms with E-state index in [1.165, 1.54) is 24.2 Å². The van der Waals surface area contributed by atoms with Gasteiger partial charge in [-0.2, -0.15) is 0 Å². The first-order chi connectivity index (χ1) is 19.4. The number of hydrogen-bond donors (Lipinski definition) is 1. The standard InChI is InChI=1S/C31H37N3O5S/c1-20(38-2)18-39-28-14-11-22(17-32-28)25-9-5-6-10-26(25)27-19-40-31(33-27)34(24-12-13-24)30(37)23(16-29(35)36)15-21-7-3-4-8-21/h5-6,9-11,14,17,19-21,23-24H,3-4,7-8,12-13,15-16,18H2,1-2H3,(H,35,36). The molecule has 0 spiro atoms. The number of carbonyl (C=O) groups is 2. The van der Waals surface area contributed by atoms with Crippen LogP contribution in [0.1, 0.15) is 58.3 Å². The first kappa shape index (κ1) is 28.2. The van der Waals surface area contributed by atoms with Crippen molar-refractivity contribution in [3.05, 3.63) is 48.0 Å². The lowest BCUT2D eigenvalue weighted by atomic mass is 9.90. The van der Waals surface area contributed by atoms with Crippen LogP contribution in [0.25, 0.3) is 22.4 Å². The Hall–Kier alpha value is -3.30. The molecule has 8 nitrogen and oxygen atoms in total. The molecule has 2 heterocycles. The molecule has 1 amide bonds. The summed E-state index contributed by atoms with van der Waals surface area (Å²) in [6.07, 6.45) is 8.62. The predicted octanol–water partition coefficient (Wildman–Crippen LogP) is 6.45. The second-order valence-corrected chi connectivity index (χ2v) is 11.8. The molecule has 2 saturated carbocycles. The summed E-state index contributed by atoms with van der Waals surface area (Å²) in [5.74, 6) is -0.554. The summed E-state index contributed by atoms with van der Waals surface area (Å²) in [6, 6.07) is 11.9. The second-order valence-electron chi connectivity index (χ2n) is 10.9. The number of aliphatic carboxylic acids is 1. The normalized spacial score (nSPS) is 16.9. The van der Waals surface area contributed by atoms with Gasteiger partial charge >= 0.3 is 5.97 Å². The quantitative estimate of drug-likeness (QED) is 0.255. The number of thiazole rings is 1. The summed E-state index contributed by atoms with van der Waals surface area (Å²) in [5, 5.41) is 12.2. The summed E-state index contributed by atoms with van der Waals surface area (Å²) >= 11 is 1.44. The van der Waals surface area contributed by atoms with Crippen molar-refractivity contribution in [1.82, 2.24) is 9.97 Å². The molecule has 2 aromatic heterocycles. The van der Waals surface area contributed by atoms with E-state index in [4.69, 9.17) is 14.5 Å². The molecule has 2 unspecified atom stereocenters. The highest BCUT2D eigenvalue weighted by atomic mass is 32.1. The number of methoxy groups -OCH3 is 1. The zero-order valence-electron chi connectivity index (χ0n) is 23.1. The maximum Gasteiger partial charge on any atom is 0.304 e. The third kappa shape index (κ3) is 6.88. The number of carbonyl (C=O) groups excluding carboxylic acids is 1. The van der Waals surface area contributed by atoms with Crippen LogP contribution in [0.5, 0.6) is 5.88 Å². The van der Waals surface area contributed by atoms with Gasteiger partial charge in [0, 0.05) is 47.8 Å². The number of anilines is 1. The van der Waals surface area contributed by atoms with E-state index in [9.17, 15) is 14.7 Å². The van der Waals surface area contributed by atoms with Crippen LogP contribution < -0.4 is 9.64 Å². The summed E-state index contributed by atoms with van der Waals surface area (Å²) in [6.45, 7) is 2.36. The van der Waals surface area contributed by atoms with Crippen molar-refractivity contribution in [2.24, 2.45) is 11.8 Å². The van der Waals surface area contributed by atoms with Gasteiger partial charge in [0.2, 0.25) is 11.8 Å². The van der Waals surface area contributed by atoms with Crippen molar-refractivity contribution in [2.75, 3.05) is 18.6 Å². The van der Waals surface area contributed by atoms with E-state index in [0.717, 1.165) is 48.1 Å². The fraction of sp³-hybridized carbons (Fsp3) is 0.484. The Bertz CT molecular complexity index is 1300. The van der Waals surface area contributed by atoms with Crippen LogP contribution in [-0.4, -0.2) is 52.8 Å². The van der Waals surface area contributed by atoms with Gasteiger partial charge in [-0.3, -0.25) is 14.5 Å². The van der Waals surface area contributed by atoms with Crippen LogP contribution in [0.2, 0.25) is 0 Å².